The highest BCUT2D eigenvalue weighted by molar-refractivity contribution is 6.02. The van der Waals surface area contributed by atoms with E-state index in [1.807, 2.05) is 0 Å². The maximum Gasteiger partial charge on any atom is 0.192 e. The predicted octanol–water partition coefficient (Wildman–Crippen LogP) is 1.60. The molecule has 1 heterocycles. The summed E-state index contributed by atoms with van der Waals surface area (Å²) in [5.74, 6) is -0.248. The molecule has 0 saturated heterocycles. The second-order valence-corrected chi connectivity index (χ2v) is 3.67. The molecule has 2 rings (SSSR count). The fraction of sp³-hybridized carbons (Fsp3) is 0.417. The minimum atomic E-state index is -0.462. The Labute approximate surface area is 98.3 Å². The molecule has 17 heavy (non-hydrogen) atoms. The zero-order valence-corrected chi connectivity index (χ0v) is 9.71. The smallest absolute Gasteiger partial charge is 0.192 e. The minimum absolute atomic E-state index is 0.0596. The third kappa shape index (κ3) is 1.98. The SMILES string of the molecule is COc1cc(F)c2c(c1OC)C(=O)COCC2. The molecular weight excluding hydrogens is 227 g/mol. The van der Waals surface area contributed by atoms with Crippen LogP contribution in [-0.4, -0.2) is 33.2 Å². The van der Waals surface area contributed by atoms with Gasteiger partial charge in [-0.2, -0.15) is 0 Å². The zero-order valence-electron chi connectivity index (χ0n) is 9.71. The number of fused-ring (bicyclic) bond motifs is 1. The van der Waals surface area contributed by atoms with Crippen molar-refractivity contribution in [2.75, 3.05) is 27.4 Å². The molecule has 5 heteroatoms. The largest absolute Gasteiger partial charge is 0.493 e. The number of hydrogen-bond acceptors (Lipinski definition) is 4. The molecule has 0 saturated carbocycles. The van der Waals surface area contributed by atoms with Crippen molar-refractivity contribution in [1.82, 2.24) is 0 Å². The first-order chi connectivity index (χ1) is 8.19. The number of rotatable bonds is 2. The van der Waals surface area contributed by atoms with Crippen LogP contribution in [0.3, 0.4) is 0 Å². The fourth-order valence-electron chi connectivity index (χ4n) is 1.95. The number of benzene rings is 1. The third-order valence-corrected chi connectivity index (χ3v) is 2.73. The molecule has 0 fully saturated rings. The Morgan fingerprint density at radius 3 is 2.76 bits per heavy atom. The van der Waals surface area contributed by atoms with Crippen molar-refractivity contribution >= 4 is 5.78 Å². The van der Waals surface area contributed by atoms with Gasteiger partial charge in [0.1, 0.15) is 12.4 Å². The Balaban J connectivity index is 2.69. The number of methoxy groups -OCH3 is 2. The normalized spacial score (nSPS) is 15.1. The van der Waals surface area contributed by atoms with Gasteiger partial charge in [0, 0.05) is 11.6 Å². The molecular formula is C12H13FO4. The summed E-state index contributed by atoms with van der Waals surface area (Å²) in [5.41, 5.74) is 0.576. The second-order valence-electron chi connectivity index (χ2n) is 3.67. The lowest BCUT2D eigenvalue weighted by atomic mass is 9.99. The summed E-state index contributed by atoms with van der Waals surface area (Å²) in [5, 5.41) is 0. The average molecular weight is 240 g/mol. The molecule has 0 bridgehead atoms. The molecule has 1 aromatic carbocycles. The van der Waals surface area contributed by atoms with Crippen LogP contribution in [0.2, 0.25) is 0 Å². The van der Waals surface area contributed by atoms with Crippen molar-refractivity contribution in [3.05, 3.63) is 23.0 Å². The fourth-order valence-corrected chi connectivity index (χ4v) is 1.95. The molecule has 0 aliphatic carbocycles. The van der Waals surface area contributed by atoms with Gasteiger partial charge in [0.05, 0.1) is 26.4 Å². The molecule has 1 aliphatic heterocycles. The second kappa shape index (κ2) is 4.71. The zero-order chi connectivity index (χ0) is 12.4. The molecule has 0 radical (unpaired) electrons. The van der Waals surface area contributed by atoms with Crippen molar-refractivity contribution in [2.45, 2.75) is 6.42 Å². The number of carbonyl (C=O) groups excluding carboxylic acids is 1. The van der Waals surface area contributed by atoms with E-state index in [2.05, 4.69) is 0 Å². The van der Waals surface area contributed by atoms with Crippen molar-refractivity contribution in [3.63, 3.8) is 0 Å². The van der Waals surface area contributed by atoms with Crippen LogP contribution in [0.1, 0.15) is 15.9 Å². The maximum absolute atomic E-state index is 13.8. The van der Waals surface area contributed by atoms with Crippen LogP contribution in [0.15, 0.2) is 6.07 Å². The van der Waals surface area contributed by atoms with Crippen molar-refractivity contribution in [3.8, 4) is 11.5 Å². The van der Waals surface area contributed by atoms with Gasteiger partial charge in [-0.25, -0.2) is 4.39 Å². The number of hydrogen-bond donors (Lipinski definition) is 0. The van der Waals surface area contributed by atoms with E-state index >= 15 is 0 Å². The summed E-state index contributed by atoms with van der Waals surface area (Å²) in [4.78, 5) is 11.9. The van der Waals surface area contributed by atoms with Gasteiger partial charge in [-0.1, -0.05) is 0 Å². The van der Waals surface area contributed by atoms with Gasteiger partial charge in [0.25, 0.3) is 0 Å². The number of carbonyl (C=O) groups is 1. The van der Waals surface area contributed by atoms with Gasteiger partial charge in [-0.3, -0.25) is 4.79 Å². The first-order valence-corrected chi connectivity index (χ1v) is 5.23. The Hall–Kier alpha value is -1.62. The molecule has 92 valence electrons. The van der Waals surface area contributed by atoms with E-state index < -0.39 is 5.82 Å². The van der Waals surface area contributed by atoms with E-state index in [0.717, 1.165) is 0 Å². The minimum Gasteiger partial charge on any atom is -0.493 e. The number of ketones is 1. The standard InChI is InChI=1S/C12H13FO4/c1-15-10-5-8(13)7-3-4-17-6-9(14)11(7)12(10)16-2/h5H,3-4,6H2,1-2H3. The Bertz CT molecular complexity index is 456. The highest BCUT2D eigenvalue weighted by Crippen LogP contribution is 2.36. The molecule has 1 aromatic rings. The van der Waals surface area contributed by atoms with Crippen LogP contribution < -0.4 is 9.47 Å². The first-order valence-electron chi connectivity index (χ1n) is 5.23. The number of halogens is 1. The van der Waals surface area contributed by atoms with Crippen LogP contribution in [0.4, 0.5) is 4.39 Å². The quantitative estimate of drug-likeness (QED) is 0.787. The predicted molar refractivity (Wildman–Crippen MR) is 58.4 cm³/mol. The van der Waals surface area contributed by atoms with Crippen LogP contribution in [0.5, 0.6) is 11.5 Å². The van der Waals surface area contributed by atoms with E-state index in [1.165, 1.54) is 20.3 Å². The Kier molecular flexibility index (Phi) is 3.28. The average Bonchev–Trinajstić information content (AvgIpc) is 2.52. The van der Waals surface area contributed by atoms with Crippen LogP contribution in [0.25, 0.3) is 0 Å². The highest BCUT2D eigenvalue weighted by atomic mass is 19.1. The molecule has 0 aromatic heterocycles. The van der Waals surface area contributed by atoms with Gasteiger partial charge in [-0.05, 0) is 6.42 Å². The Morgan fingerprint density at radius 2 is 2.12 bits per heavy atom. The summed E-state index contributed by atoms with van der Waals surface area (Å²) >= 11 is 0. The topological polar surface area (TPSA) is 44.8 Å². The highest BCUT2D eigenvalue weighted by Gasteiger charge is 2.26. The summed E-state index contributed by atoms with van der Waals surface area (Å²) in [6, 6.07) is 1.23. The number of Topliss-reactive ketones (excluding diaryl/α,β-unsaturated/α-hetero) is 1. The van der Waals surface area contributed by atoms with Gasteiger partial charge in [0.2, 0.25) is 0 Å². The van der Waals surface area contributed by atoms with E-state index in [4.69, 9.17) is 14.2 Å². The molecule has 0 amide bonds. The van der Waals surface area contributed by atoms with Crippen molar-refractivity contribution < 1.29 is 23.4 Å². The van der Waals surface area contributed by atoms with E-state index in [-0.39, 0.29) is 29.5 Å². The van der Waals surface area contributed by atoms with Gasteiger partial charge in [-0.15, -0.1) is 0 Å². The van der Waals surface area contributed by atoms with Crippen molar-refractivity contribution in [2.24, 2.45) is 0 Å². The third-order valence-electron chi connectivity index (χ3n) is 2.73. The molecule has 4 nitrogen and oxygen atoms in total. The molecule has 0 unspecified atom stereocenters. The van der Waals surface area contributed by atoms with Crippen LogP contribution in [-0.2, 0) is 11.2 Å². The number of ether oxygens (including phenoxy) is 3. The molecule has 1 aliphatic rings. The molecule has 0 atom stereocenters. The van der Waals surface area contributed by atoms with Gasteiger partial charge in [0.15, 0.2) is 17.3 Å². The summed E-state index contributed by atoms with van der Waals surface area (Å²) in [6.07, 6.45) is 0.354. The van der Waals surface area contributed by atoms with Gasteiger partial charge < -0.3 is 14.2 Å². The molecule has 0 N–H and O–H groups in total. The molecule has 0 spiro atoms. The van der Waals surface area contributed by atoms with E-state index in [9.17, 15) is 9.18 Å². The summed E-state index contributed by atoms with van der Waals surface area (Å²) in [7, 11) is 2.83. The van der Waals surface area contributed by atoms with E-state index in [0.29, 0.717) is 18.6 Å². The Morgan fingerprint density at radius 1 is 1.35 bits per heavy atom. The van der Waals surface area contributed by atoms with Crippen molar-refractivity contribution in [1.29, 1.82) is 0 Å². The first kappa shape index (κ1) is 11.9. The lowest BCUT2D eigenvalue weighted by Crippen LogP contribution is -2.10. The summed E-state index contributed by atoms with van der Waals surface area (Å²) < 4.78 is 29.1. The van der Waals surface area contributed by atoms with Crippen LogP contribution >= 0.6 is 0 Å². The van der Waals surface area contributed by atoms with Gasteiger partial charge >= 0.3 is 0 Å². The lowest BCUT2D eigenvalue weighted by Gasteiger charge is -2.14. The summed E-state index contributed by atoms with van der Waals surface area (Å²) in [6.45, 7) is 0.265. The van der Waals surface area contributed by atoms with E-state index in [1.54, 1.807) is 0 Å². The van der Waals surface area contributed by atoms with Crippen LogP contribution in [0, 0.1) is 5.82 Å². The monoisotopic (exact) mass is 240 g/mol. The lowest BCUT2D eigenvalue weighted by molar-refractivity contribution is 0.0786. The maximum atomic E-state index is 13.8.